The predicted octanol–water partition coefficient (Wildman–Crippen LogP) is 2.82. The number of nitrogens with zero attached hydrogens (tertiary/aromatic N) is 2. The fraction of sp³-hybridized carbons (Fsp3) is 1.00. The molecule has 0 radical (unpaired) electrons. The van der Waals surface area contributed by atoms with Crippen LogP contribution in [0.4, 0.5) is 0 Å². The molecule has 2 atom stereocenters. The second kappa shape index (κ2) is 7.94. The SMILES string of the molecule is CCCNC1C(CN(C)CCN2CCCC2)CCC1(C)C. The molecule has 3 heteroatoms. The Hall–Kier alpha value is -0.120. The highest BCUT2D eigenvalue weighted by atomic mass is 15.2. The topological polar surface area (TPSA) is 18.5 Å². The molecule has 2 rings (SSSR count). The van der Waals surface area contributed by atoms with E-state index in [0.29, 0.717) is 11.5 Å². The third-order valence-corrected chi connectivity index (χ3v) is 5.63. The largest absolute Gasteiger partial charge is 0.313 e. The van der Waals surface area contributed by atoms with Crippen LogP contribution in [0.2, 0.25) is 0 Å². The van der Waals surface area contributed by atoms with Gasteiger partial charge in [0.25, 0.3) is 0 Å². The molecule has 1 aliphatic carbocycles. The number of likely N-dealkylation sites (tertiary alicyclic amines) is 1. The fourth-order valence-electron chi connectivity index (χ4n) is 4.27. The van der Waals surface area contributed by atoms with E-state index in [1.54, 1.807) is 0 Å². The lowest BCUT2D eigenvalue weighted by atomic mass is 9.84. The van der Waals surface area contributed by atoms with Gasteiger partial charge in [-0.3, -0.25) is 0 Å². The van der Waals surface area contributed by atoms with E-state index in [-0.39, 0.29) is 0 Å². The molecule has 1 saturated carbocycles. The molecule has 1 aliphatic heterocycles. The van der Waals surface area contributed by atoms with Crippen molar-refractivity contribution >= 4 is 0 Å². The van der Waals surface area contributed by atoms with Gasteiger partial charge in [-0.15, -0.1) is 0 Å². The van der Waals surface area contributed by atoms with Crippen molar-refractivity contribution in [1.82, 2.24) is 15.1 Å². The molecule has 1 saturated heterocycles. The first-order chi connectivity index (χ1) is 10.0. The molecule has 0 aromatic rings. The molecule has 2 fully saturated rings. The lowest BCUT2D eigenvalue weighted by molar-refractivity contribution is 0.190. The Kier molecular flexibility index (Phi) is 6.51. The summed E-state index contributed by atoms with van der Waals surface area (Å²) in [6.07, 6.45) is 6.82. The molecule has 0 amide bonds. The zero-order chi connectivity index (χ0) is 15.3. The molecule has 21 heavy (non-hydrogen) atoms. The van der Waals surface area contributed by atoms with Crippen LogP contribution in [0.3, 0.4) is 0 Å². The Balaban J connectivity index is 1.76. The average molecular weight is 296 g/mol. The van der Waals surface area contributed by atoms with Gasteiger partial charge in [0.1, 0.15) is 0 Å². The number of hydrogen-bond acceptors (Lipinski definition) is 3. The second-order valence-electron chi connectivity index (χ2n) is 8.03. The Morgan fingerprint density at radius 2 is 1.95 bits per heavy atom. The van der Waals surface area contributed by atoms with Crippen molar-refractivity contribution in [2.24, 2.45) is 11.3 Å². The maximum Gasteiger partial charge on any atom is 0.0159 e. The van der Waals surface area contributed by atoms with Crippen LogP contribution in [0.25, 0.3) is 0 Å². The molecule has 2 aliphatic rings. The van der Waals surface area contributed by atoms with Crippen molar-refractivity contribution in [3.63, 3.8) is 0 Å². The molecule has 0 bridgehead atoms. The maximum absolute atomic E-state index is 3.84. The molecular formula is C18H37N3. The van der Waals surface area contributed by atoms with Gasteiger partial charge in [0.15, 0.2) is 0 Å². The summed E-state index contributed by atoms with van der Waals surface area (Å²) in [5, 5.41) is 3.84. The van der Waals surface area contributed by atoms with Crippen LogP contribution in [0.15, 0.2) is 0 Å². The third kappa shape index (κ3) is 4.94. The molecular weight excluding hydrogens is 258 g/mol. The van der Waals surface area contributed by atoms with Crippen molar-refractivity contribution in [2.45, 2.75) is 58.9 Å². The minimum atomic E-state index is 0.468. The first-order valence-corrected chi connectivity index (χ1v) is 9.17. The number of nitrogens with one attached hydrogen (secondary N) is 1. The van der Waals surface area contributed by atoms with Gasteiger partial charge in [-0.05, 0) is 70.1 Å². The van der Waals surface area contributed by atoms with E-state index in [2.05, 4.69) is 42.9 Å². The van der Waals surface area contributed by atoms with Gasteiger partial charge in [0, 0.05) is 25.7 Å². The number of rotatable bonds is 8. The van der Waals surface area contributed by atoms with Gasteiger partial charge in [-0.1, -0.05) is 20.8 Å². The monoisotopic (exact) mass is 295 g/mol. The Morgan fingerprint density at radius 1 is 1.24 bits per heavy atom. The summed E-state index contributed by atoms with van der Waals surface area (Å²) in [5.41, 5.74) is 0.468. The predicted molar refractivity (Wildman–Crippen MR) is 91.8 cm³/mol. The fourth-order valence-corrected chi connectivity index (χ4v) is 4.27. The minimum absolute atomic E-state index is 0.468. The van der Waals surface area contributed by atoms with E-state index in [1.165, 1.54) is 71.4 Å². The molecule has 0 aromatic carbocycles. The standard InChI is InChI=1S/C18H37N3/c1-5-10-19-17-16(8-9-18(17,2)3)15-20(4)13-14-21-11-6-7-12-21/h16-17,19H,5-15H2,1-4H3. The van der Waals surface area contributed by atoms with Gasteiger partial charge in [0.05, 0.1) is 0 Å². The van der Waals surface area contributed by atoms with Crippen molar-refractivity contribution in [2.75, 3.05) is 46.3 Å². The van der Waals surface area contributed by atoms with E-state index < -0.39 is 0 Å². The smallest absolute Gasteiger partial charge is 0.0159 e. The average Bonchev–Trinajstić information content (AvgIpc) is 3.04. The minimum Gasteiger partial charge on any atom is -0.313 e. The van der Waals surface area contributed by atoms with Crippen LogP contribution in [-0.2, 0) is 0 Å². The number of hydrogen-bond donors (Lipinski definition) is 1. The van der Waals surface area contributed by atoms with Gasteiger partial charge in [0.2, 0.25) is 0 Å². The van der Waals surface area contributed by atoms with E-state index in [0.717, 1.165) is 5.92 Å². The summed E-state index contributed by atoms with van der Waals surface area (Å²) >= 11 is 0. The highest BCUT2D eigenvalue weighted by Crippen LogP contribution is 2.41. The second-order valence-corrected chi connectivity index (χ2v) is 8.03. The summed E-state index contributed by atoms with van der Waals surface area (Å²) in [6.45, 7) is 14.7. The molecule has 2 unspecified atom stereocenters. The number of likely N-dealkylation sites (N-methyl/N-ethyl adjacent to an activating group) is 1. The molecule has 0 spiro atoms. The zero-order valence-electron chi connectivity index (χ0n) is 14.8. The van der Waals surface area contributed by atoms with E-state index in [4.69, 9.17) is 0 Å². The Morgan fingerprint density at radius 3 is 2.62 bits per heavy atom. The Labute approximate surface area is 132 Å². The maximum atomic E-state index is 3.84. The van der Waals surface area contributed by atoms with Crippen molar-refractivity contribution in [1.29, 1.82) is 0 Å². The molecule has 3 nitrogen and oxygen atoms in total. The summed E-state index contributed by atoms with van der Waals surface area (Å²) < 4.78 is 0. The van der Waals surface area contributed by atoms with Gasteiger partial charge < -0.3 is 15.1 Å². The highest BCUT2D eigenvalue weighted by molar-refractivity contribution is 4.97. The summed E-state index contributed by atoms with van der Waals surface area (Å²) in [5.74, 6) is 0.829. The van der Waals surface area contributed by atoms with Gasteiger partial charge in [-0.25, -0.2) is 0 Å². The van der Waals surface area contributed by atoms with Crippen LogP contribution < -0.4 is 5.32 Å². The van der Waals surface area contributed by atoms with E-state index >= 15 is 0 Å². The van der Waals surface area contributed by atoms with Gasteiger partial charge >= 0.3 is 0 Å². The summed E-state index contributed by atoms with van der Waals surface area (Å²) in [6, 6.07) is 0.701. The molecule has 124 valence electrons. The van der Waals surface area contributed by atoms with E-state index in [1.807, 2.05) is 0 Å². The van der Waals surface area contributed by atoms with E-state index in [9.17, 15) is 0 Å². The summed E-state index contributed by atoms with van der Waals surface area (Å²) in [4.78, 5) is 5.20. The normalized spacial score (nSPS) is 29.6. The Bertz CT molecular complexity index is 297. The van der Waals surface area contributed by atoms with Crippen molar-refractivity contribution in [3.05, 3.63) is 0 Å². The van der Waals surface area contributed by atoms with Crippen LogP contribution in [0.5, 0.6) is 0 Å². The van der Waals surface area contributed by atoms with Crippen molar-refractivity contribution < 1.29 is 0 Å². The highest BCUT2D eigenvalue weighted by Gasteiger charge is 2.41. The first-order valence-electron chi connectivity index (χ1n) is 9.17. The quantitative estimate of drug-likeness (QED) is 0.743. The van der Waals surface area contributed by atoms with Crippen molar-refractivity contribution in [3.8, 4) is 0 Å². The van der Waals surface area contributed by atoms with Crippen LogP contribution >= 0.6 is 0 Å². The summed E-state index contributed by atoms with van der Waals surface area (Å²) in [7, 11) is 2.32. The van der Waals surface area contributed by atoms with Crippen LogP contribution in [-0.4, -0.2) is 62.2 Å². The van der Waals surface area contributed by atoms with Gasteiger partial charge in [-0.2, -0.15) is 0 Å². The third-order valence-electron chi connectivity index (χ3n) is 5.63. The molecule has 1 heterocycles. The molecule has 0 aromatic heterocycles. The molecule has 1 N–H and O–H groups in total. The first kappa shape index (κ1) is 17.2. The lowest BCUT2D eigenvalue weighted by Crippen LogP contribution is -2.46. The van der Waals surface area contributed by atoms with Crippen LogP contribution in [0, 0.1) is 11.3 Å². The van der Waals surface area contributed by atoms with Crippen LogP contribution in [0.1, 0.15) is 52.9 Å². The zero-order valence-corrected chi connectivity index (χ0v) is 14.8. The lowest BCUT2D eigenvalue weighted by Gasteiger charge is -2.34.